The molecule has 0 atom stereocenters. The number of aryl methyl sites for hydroxylation is 1. The molecular formula is C19H22Cl2N2O4S. The number of hydrogen-bond donors (Lipinski definition) is 1. The third-order valence-electron chi connectivity index (χ3n) is 4.25. The van der Waals surface area contributed by atoms with Crippen molar-refractivity contribution in [2.45, 2.75) is 25.7 Å². The van der Waals surface area contributed by atoms with Crippen LogP contribution in [-0.4, -0.2) is 38.8 Å². The van der Waals surface area contributed by atoms with Gasteiger partial charge in [0, 0.05) is 24.2 Å². The monoisotopic (exact) mass is 444 g/mol. The summed E-state index contributed by atoms with van der Waals surface area (Å²) in [5.74, 6) is -0.173. The number of nitrogens with one attached hydrogen (secondary N) is 1. The van der Waals surface area contributed by atoms with Gasteiger partial charge in [-0.2, -0.15) is 4.31 Å². The summed E-state index contributed by atoms with van der Waals surface area (Å²) in [4.78, 5) is 12.8. The van der Waals surface area contributed by atoms with E-state index in [4.69, 9.17) is 27.9 Å². The fourth-order valence-corrected chi connectivity index (χ4v) is 4.51. The minimum absolute atomic E-state index is 0.00463. The number of carbonyl (C=O) groups is 1. The standard InChI is InChI=1S/C19H22Cl2N2O4S/c1-5-23(6-2)28(25,26)13-7-8-15(20)14(10-13)19(24)22-17-9-12(3)16(21)11-18(17)27-4/h7-11H,5-6H2,1-4H3,(H,22,24). The molecule has 1 amide bonds. The van der Waals surface area contributed by atoms with Crippen LogP contribution in [0.1, 0.15) is 29.8 Å². The van der Waals surface area contributed by atoms with E-state index in [0.29, 0.717) is 29.5 Å². The first-order chi connectivity index (χ1) is 13.1. The molecular weight excluding hydrogens is 423 g/mol. The first-order valence-electron chi connectivity index (χ1n) is 8.60. The fraction of sp³-hybridized carbons (Fsp3) is 0.316. The Morgan fingerprint density at radius 2 is 1.75 bits per heavy atom. The molecule has 0 radical (unpaired) electrons. The first-order valence-corrected chi connectivity index (χ1v) is 10.8. The summed E-state index contributed by atoms with van der Waals surface area (Å²) >= 11 is 12.2. The number of carbonyl (C=O) groups excluding carboxylic acids is 1. The summed E-state index contributed by atoms with van der Waals surface area (Å²) in [7, 11) is -2.26. The molecule has 6 nitrogen and oxygen atoms in total. The van der Waals surface area contributed by atoms with E-state index in [2.05, 4.69) is 5.32 Å². The van der Waals surface area contributed by atoms with Gasteiger partial charge in [-0.1, -0.05) is 37.0 Å². The summed E-state index contributed by atoms with van der Waals surface area (Å²) in [5.41, 5.74) is 1.20. The van der Waals surface area contributed by atoms with Crippen molar-refractivity contribution in [1.29, 1.82) is 0 Å². The van der Waals surface area contributed by atoms with Gasteiger partial charge in [-0.25, -0.2) is 8.42 Å². The van der Waals surface area contributed by atoms with Crippen LogP contribution in [0.4, 0.5) is 5.69 Å². The van der Waals surface area contributed by atoms with E-state index >= 15 is 0 Å². The highest BCUT2D eigenvalue weighted by Crippen LogP contribution is 2.32. The SMILES string of the molecule is CCN(CC)S(=O)(=O)c1ccc(Cl)c(C(=O)Nc2cc(C)c(Cl)cc2OC)c1. The van der Waals surface area contributed by atoms with Gasteiger partial charge in [-0.15, -0.1) is 0 Å². The van der Waals surface area contributed by atoms with Gasteiger partial charge in [0.1, 0.15) is 5.75 Å². The maximum Gasteiger partial charge on any atom is 0.257 e. The molecule has 0 spiro atoms. The molecule has 0 aromatic heterocycles. The van der Waals surface area contributed by atoms with Gasteiger partial charge in [0.15, 0.2) is 0 Å². The normalized spacial score (nSPS) is 11.5. The Bertz CT molecular complexity index is 990. The van der Waals surface area contributed by atoms with Gasteiger partial charge in [0.2, 0.25) is 10.0 Å². The number of amides is 1. The van der Waals surface area contributed by atoms with Crippen molar-refractivity contribution >= 4 is 44.8 Å². The second kappa shape index (κ2) is 9.13. The zero-order valence-electron chi connectivity index (χ0n) is 16.0. The number of methoxy groups -OCH3 is 1. The van der Waals surface area contributed by atoms with Crippen LogP contribution < -0.4 is 10.1 Å². The second-order valence-corrected chi connectivity index (χ2v) is 8.74. The van der Waals surface area contributed by atoms with E-state index in [-0.39, 0.29) is 15.5 Å². The molecule has 0 unspecified atom stereocenters. The maximum absolute atomic E-state index is 12.8. The van der Waals surface area contributed by atoms with E-state index in [1.54, 1.807) is 32.9 Å². The number of benzene rings is 2. The number of sulfonamides is 1. The molecule has 1 N–H and O–H groups in total. The predicted molar refractivity (Wildman–Crippen MR) is 112 cm³/mol. The molecule has 2 aromatic rings. The van der Waals surface area contributed by atoms with Crippen molar-refractivity contribution in [3.8, 4) is 5.75 Å². The average Bonchev–Trinajstić information content (AvgIpc) is 2.65. The number of nitrogens with zero attached hydrogens (tertiary/aromatic N) is 1. The molecule has 0 aliphatic carbocycles. The second-order valence-electron chi connectivity index (χ2n) is 5.99. The topological polar surface area (TPSA) is 75.7 Å². The maximum atomic E-state index is 12.8. The number of hydrogen-bond acceptors (Lipinski definition) is 4. The molecule has 0 aliphatic rings. The van der Waals surface area contributed by atoms with E-state index in [1.165, 1.54) is 29.6 Å². The summed E-state index contributed by atoms with van der Waals surface area (Å²) in [6.07, 6.45) is 0. The summed E-state index contributed by atoms with van der Waals surface area (Å²) in [6, 6.07) is 7.33. The smallest absolute Gasteiger partial charge is 0.257 e. The van der Waals surface area contributed by atoms with E-state index < -0.39 is 15.9 Å². The van der Waals surface area contributed by atoms with Crippen LogP contribution >= 0.6 is 23.2 Å². The lowest BCUT2D eigenvalue weighted by Crippen LogP contribution is -2.30. The van der Waals surface area contributed by atoms with Crippen LogP contribution in [0.5, 0.6) is 5.75 Å². The minimum atomic E-state index is -3.72. The summed E-state index contributed by atoms with van der Waals surface area (Å²) in [6.45, 7) is 5.94. The molecule has 0 fully saturated rings. The quantitative estimate of drug-likeness (QED) is 0.676. The molecule has 0 saturated carbocycles. The minimum Gasteiger partial charge on any atom is -0.495 e. The molecule has 2 rings (SSSR count). The molecule has 0 heterocycles. The van der Waals surface area contributed by atoms with Gasteiger partial charge >= 0.3 is 0 Å². The molecule has 0 bridgehead atoms. The Kier molecular flexibility index (Phi) is 7.33. The number of ether oxygens (including phenoxy) is 1. The van der Waals surface area contributed by atoms with Gasteiger partial charge in [-0.05, 0) is 36.8 Å². The van der Waals surface area contributed by atoms with Gasteiger partial charge in [0.25, 0.3) is 5.91 Å². The number of anilines is 1. The molecule has 152 valence electrons. The van der Waals surface area contributed by atoms with Crippen LogP contribution in [0.25, 0.3) is 0 Å². The highest BCUT2D eigenvalue weighted by atomic mass is 35.5. The van der Waals surface area contributed by atoms with E-state index in [0.717, 1.165) is 5.56 Å². The van der Waals surface area contributed by atoms with Crippen molar-refractivity contribution in [2.24, 2.45) is 0 Å². The fourth-order valence-electron chi connectivity index (χ4n) is 2.67. The van der Waals surface area contributed by atoms with Crippen molar-refractivity contribution in [3.63, 3.8) is 0 Å². The van der Waals surface area contributed by atoms with Crippen LogP contribution in [0, 0.1) is 6.92 Å². The molecule has 0 saturated heterocycles. The Labute approximate surface area is 175 Å². The van der Waals surface area contributed by atoms with Crippen LogP contribution in [0.3, 0.4) is 0 Å². The Morgan fingerprint density at radius 1 is 1.11 bits per heavy atom. The average molecular weight is 445 g/mol. The number of halogens is 2. The Balaban J connectivity index is 2.44. The zero-order chi connectivity index (χ0) is 21.1. The molecule has 28 heavy (non-hydrogen) atoms. The predicted octanol–water partition coefficient (Wildman–Crippen LogP) is 4.59. The van der Waals surface area contributed by atoms with E-state index in [9.17, 15) is 13.2 Å². The van der Waals surface area contributed by atoms with Crippen LogP contribution in [0.2, 0.25) is 10.0 Å². The van der Waals surface area contributed by atoms with Crippen molar-refractivity contribution in [1.82, 2.24) is 4.31 Å². The third-order valence-corrected chi connectivity index (χ3v) is 7.04. The van der Waals surface area contributed by atoms with Crippen molar-refractivity contribution in [2.75, 3.05) is 25.5 Å². The first kappa shape index (κ1) is 22.5. The lowest BCUT2D eigenvalue weighted by Gasteiger charge is -2.19. The lowest BCUT2D eigenvalue weighted by molar-refractivity contribution is 0.102. The molecule has 9 heteroatoms. The number of rotatable bonds is 7. The third kappa shape index (κ3) is 4.60. The Hall–Kier alpha value is -1.80. The Morgan fingerprint density at radius 3 is 2.32 bits per heavy atom. The summed E-state index contributed by atoms with van der Waals surface area (Å²) < 4.78 is 32.0. The van der Waals surface area contributed by atoms with Gasteiger partial charge in [0.05, 0.1) is 28.3 Å². The van der Waals surface area contributed by atoms with Gasteiger partial charge < -0.3 is 10.1 Å². The van der Waals surface area contributed by atoms with Gasteiger partial charge in [-0.3, -0.25) is 4.79 Å². The lowest BCUT2D eigenvalue weighted by atomic mass is 10.1. The summed E-state index contributed by atoms with van der Waals surface area (Å²) in [5, 5.41) is 3.35. The van der Waals surface area contributed by atoms with Crippen molar-refractivity contribution in [3.05, 3.63) is 51.5 Å². The van der Waals surface area contributed by atoms with E-state index in [1.807, 2.05) is 0 Å². The largest absolute Gasteiger partial charge is 0.495 e. The molecule has 0 aliphatic heterocycles. The van der Waals surface area contributed by atoms with Crippen LogP contribution in [0.15, 0.2) is 35.2 Å². The van der Waals surface area contributed by atoms with Crippen molar-refractivity contribution < 1.29 is 17.9 Å². The molecule has 2 aromatic carbocycles. The zero-order valence-corrected chi connectivity index (χ0v) is 18.4. The van der Waals surface area contributed by atoms with Crippen LogP contribution in [-0.2, 0) is 10.0 Å². The highest BCUT2D eigenvalue weighted by molar-refractivity contribution is 7.89. The highest BCUT2D eigenvalue weighted by Gasteiger charge is 2.24.